The van der Waals surface area contributed by atoms with E-state index in [0.29, 0.717) is 42.4 Å². The first-order chi connectivity index (χ1) is 14.8. The average Bonchev–Trinajstić information content (AvgIpc) is 2.73. The quantitative estimate of drug-likeness (QED) is 0.370. The van der Waals surface area contributed by atoms with Crippen molar-refractivity contribution in [3.8, 4) is 0 Å². The van der Waals surface area contributed by atoms with Crippen molar-refractivity contribution < 1.29 is 28.4 Å². The highest BCUT2D eigenvalue weighted by Crippen LogP contribution is 2.41. The monoisotopic (exact) mass is 431 g/mol. The predicted octanol–water partition coefficient (Wildman–Crippen LogP) is 3.50. The second-order valence-corrected chi connectivity index (χ2v) is 7.38. The number of carbonyl (C=O) groups is 2. The van der Waals surface area contributed by atoms with E-state index in [9.17, 15) is 24.5 Å². The van der Waals surface area contributed by atoms with E-state index in [1.807, 2.05) is 6.92 Å². The Kier molecular flexibility index (Phi) is 6.72. The van der Waals surface area contributed by atoms with Crippen LogP contribution in [0.2, 0.25) is 0 Å². The number of esters is 2. The highest BCUT2D eigenvalue weighted by molar-refractivity contribution is 5.95. The van der Waals surface area contributed by atoms with Gasteiger partial charge in [0.1, 0.15) is 11.0 Å². The molecule has 0 bridgehead atoms. The van der Waals surface area contributed by atoms with Gasteiger partial charge in [-0.25, -0.2) is 4.79 Å². The van der Waals surface area contributed by atoms with Crippen LogP contribution in [0, 0.1) is 16.0 Å². The van der Waals surface area contributed by atoms with Crippen molar-refractivity contribution in [2.75, 3.05) is 13.2 Å². The summed E-state index contributed by atoms with van der Waals surface area (Å²) in [5.41, 5.74) is 0.769. The molecule has 1 aliphatic carbocycles. The molecule has 9 heteroatoms. The predicted molar refractivity (Wildman–Crippen MR) is 111 cm³/mol. The third-order valence-corrected chi connectivity index (χ3v) is 5.45. The molecule has 0 amide bonds. The first kappa shape index (κ1) is 22.5. The molecule has 0 spiro atoms. The summed E-state index contributed by atoms with van der Waals surface area (Å²) in [5, 5.41) is 11.9. The van der Waals surface area contributed by atoms with Crippen LogP contribution in [0.15, 0.2) is 15.3 Å². The van der Waals surface area contributed by atoms with E-state index in [-0.39, 0.29) is 42.1 Å². The van der Waals surface area contributed by atoms with Crippen LogP contribution in [0.5, 0.6) is 0 Å². The standard InChI is InChI=1S/C22H25NO8/c1-4-7-14-13-9-8-12(21(25)29-5-2)10-15(13)19(23(27)28)18-16(24)11-17(31-20(14)18)22(26)30-6-3/h11-12H,4-10H2,1-3H3. The fourth-order valence-electron chi connectivity index (χ4n) is 4.21. The van der Waals surface area contributed by atoms with Crippen LogP contribution in [0.25, 0.3) is 11.0 Å². The number of rotatable bonds is 7. The van der Waals surface area contributed by atoms with Gasteiger partial charge in [-0.05, 0) is 50.7 Å². The van der Waals surface area contributed by atoms with Crippen molar-refractivity contribution in [2.45, 2.75) is 52.9 Å². The lowest BCUT2D eigenvalue weighted by molar-refractivity contribution is -0.384. The van der Waals surface area contributed by atoms with Crippen LogP contribution >= 0.6 is 0 Å². The SMILES string of the molecule is CCCc1c2c(c([N+](=O)[O-])c3c(=O)cc(C(=O)OCC)oc13)CC(C(=O)OCC)CC2. The van der Waals surface area contributed by atoms with Gasteiger partial charge < -0.3 is 13.9 Å². The molecular weight excluding hydrogens is 406 g/mol. The summed E-state index contributed by atoms with van der Waals surface area (Å²) in [6.07, 6.45) is 2.23. The highest BCUT2D eigenvalue weighted by atomic mass is 16.6. The number of ether oxygens (including phenoxy) is 2. The van der Waals surface area contributed by atoms with E-state index in [4.69, 9.17) is 13.9 Å². The van der Waals surface area contributed by atoms with Gasteiger partial charge in [-0.15, -0.1) is 0 Å². The molecule has 0 saturated carbocycles. The summed E-state index contributed by atoms with van der Waals surface area (Å²) in [4.78, 5) is 48.8. The Bertz CT molecular complexity index is 1100. The smallest absolute Gasteiger partial charge is 0.374 e. The lowest BCUT2D eigenvalue weighted by Crippen LogP contribution is -2.27. The van der Waals surface area contributed by atoms with Gasteiger partial charge in [0.2, 0.25) is 11.2 Å². The third-order valence-electron chi connectivity index (χ3n) is 5.45. The van der Waals surface area contributed by atoms with Gasteiger partial charge in [-0.1, -0.05) is 13.3 Å². The number of fused-ring (bicyclic) bond motifs is 2. The van der Waals surface area contributed by atoms with Crippen molar-refractivity contribution >= 4 is 28.6 Å². The molecular formula is C22H25NO8. The molecule has 2 aromatic rings. The Hall–Kier alpha value is -3.23. The van der Waals surface area contributed by atoms with E-state index in [1.165, 1.54) is 0 Å². The number of carbonyl (C=O) groups excluding carboxylic acids is 2. The second kappa shape index (κ2) is 9.28. The maximum absolute atomic E-state index is 12.9. The largest absolute Gasteiger partial charge is 0.466 e. The maximum Gasteiger partial charge on any atom is 0.374 e. The van der Waals surface area contributed by atoms with E-state index in [1.54, 1.807) is 13.8 Å². The normalized spacial score (nSPS) is 15.4. The zero-order chi connectivity index (χ0) is 22.7. The van der Waals surface area contributed by atoms with E-state index in [2.05, 4.69) is 0 Å². The summed E-state index contributed by atoms with van der Waals surface area (Å²) in [7, 11) is 0. The Morgan fingerprint density at radius 2 is 1.90 bits per heavy atom. The Morgan fingerprint density at radius 1 is 1.19 bits per heavy atom. The minimum atomic E-state index is -0.799. The molecule has 31 heavy (non-hydrogen) atoms. The summed E-state index contributed by atoms with van der Waals surface area (Å²) in [5.74, 6) is -1.99. The molecule has 0 radical (unpaired) electrons. The Labute approximate surface area is 178 Å². The molecule has 1 aliphatic rings. The minimum Gasteiger partial charge on any atom is -0.466 e. The Balaban J connectivity index is 2.32. The Morgan fingerprint density at radius 3 is 2.52 bits per heavy atom. The van der Waals surface area contributed by atoms with Crippen molar-refractivity contribution in [3.05, 3.63) is 48.9 Å². The van der Waals surface area contributed by atoms with Crippen LogP contribution < -0.4 is 5.43 Å². The van der Waals surface area contributed by atoms with Crippen molar-refractivity contribution in [2.24, 2.45) is 5.92 Å². The van der Waals surface area contributed by atoms with Crippen LogP contribution in [0.4, 0.5) is 5.69 Å². The van der Waals surface area contributed by atoms with Crippen LogP contribution in [0.1, 0.15) is 60.9 Å². The number of benzene rings is 1. The average molecular weight is 431 g/mol. The summed E-state index contributed by atoms with van der Waals surface area (Å²) in [6.45, 7) is 5.60. The summed E-state index contributed by atoms with van der Waals surface area (Å²) >= 11 is 0. The maximum atomic E-state index is 12.9. The molecule has 0 saturated heterocycles. The molecule has 9 nitrogen and oxygen atoms in total. The third kappa shape index (κ3) is 4.17. The molecule has 1 atom stereocenters. The molecule has 1 aromatic carbocycles. The zero-order valence-electron chi connectivity index (χ0n) is 17.8. The summed E-state index contributed by atoms with van der Waals surface area (Å²) in [6, 6.07) is 0.932. The van der Waals surface area contributed by atoms with Gasteiger partial charge in [-0.2, -0.15) is 0 Å². The fourth-order valence-corrected chi connectivity index (χ4v) is 4.21. The lowest BCUT2D eigenvalue weighted by Gasteiger charge is -2.26. The second-order valence-electron chi connectivity index (χ2n) is 7.38. The number of aryl methyl sites for hydroxylation is 1. The van der Waals surface area contributed by atoms with Crippen molar-refractivity contribution in [1.82, 2.24) is 0 Å². The van der Waals surface area contributed by atoms with Crippen molar-refractivity contribution in [1.29, 1.82) is 0 Å². The first-order valence-corrected chi connectivity index (χ1v) is 10.5. The number of hydrogen-bond donors (Lipinski definition) is 0. The number of nitro groups is 1. The van der Waals surface area contributed by atoms with E-state index < -0.39 is 28.2 Å². The molecule has 166 valence electrons. The zero-order valence-corrected chi connectivity index (χ0v) is 17.8. The number of nitro benzene ring substituents is 1. The minimum absolute atomic E-state index is 0.0532. The molecule has 0 aliphatic heterocycles. The van der Waals surface area contributed by atoms with E-state index >= 15 is 0 Å². The van der Waals surface area contributed by atoms with E-state index in [0.717, 1.165) is 6.07 Å². The molecule has 3 rings (SSSR count). The van der Waals surface area contributed by atoms with Crippen molar-refractivity contribution in [3.63, 3.8) is 0 Å². The number of nitrogens with zero attached hydrogens (tertiary/aromatic N) is 1. The van der Waals surface area contributed by atoms with Gasteiger partial charge in [0, 0.05) is 11.6 Å². The van der Waals surface area contributed by atoms with Gasteiger partial charge >= 0.3 is 11.9 Å². The molecule has 0 N–H and O–H groups in total. The van der Waals surface area contributed by atoms with Gasteiger partial charge in [0.25, 0.3) is 5.69 Å². The van der Waals surface area contributed by atoms with Gasteiger partial charge in [0.15, 0.2) is 0 Å². The van der Waals surface area contributed by atoms with Gasteiger partial charge in [-0.3, -0.25) is 19.7 Å². The molecule has 0 fully saturated rings. The lowest BCUT2D eigenvalue weighted by atomic mass is 9.79. The van der Waals surface area contributed by atoms with Crippen LogP contribution in [0.3, 0.4) is 0 Å². The van der Waals surface area contributed by atoms with Gasteiger partial charge in [0.05, 0.1) is 24.1 Å². The molecule has 1 heterocycles. The number of hydrogen-bond acceptors (Lipinski definition) is 8. The highest BCUT2D eigenvalue weighted by Gasteiger charge is 2.36. The molecule has 1 aromatic heterocycles. The van der Waals surface area contributed by atoms with Crippen LogP contribution in [-0.2, 0) is 33.5 Å². The fraction of sp³-hybridized carbons (Fsp3) is 0.500. The topological polar surface area (TPSA) is 126 Å². The van der Waals surface area contributed by atoms with Crippen LogP contribution in [-0.4, -0.2) is 30.1 Å². The first-order valence-electron chi connectivity index (χ1n) is 10.5. The summed E-state index contributed by atoms with van der Waals surface area (Å²) < 4.78 is 15.8. The molecule has 1 unspecified atom stereocenters.